The van der Waals surface area contributed by atoms with Crippen LogP contribution in [-0.4, -0.2) is 38.9 Å². The van der Waals surface area contributed by atoms with Crippen LogP contribution in [-0.2, 0) is 9.53 Å². The van der Waals surface area contributed by atoms with Crippen molar-refractivity contribution in [2.45, 2.75) is 18.9 Å². The van der Waals surface area contributed by atoms with Crippen molar-refractivity contribution < 1.29 is 23.4 Å². The zero-order valence-corrected chi connectivity index (χ0v) is 16.7. The lowest BCUT2D eigenvalue weighted by molar-refractivity contribution is -0.123. The molecule has 1 aliphatic heterocycles. The van der Waals surface area contributed by atoms with Gasteiger partial charge in [0, 0.05) is 19.2 Å². The fourth-order valence-corrected chi connectivity index (χ4v) is 3.40. The molecule has 0 radical (unpaired) electrons. The minimum Gasteiger partial charge on any atom is -0.497 e. The molecule has 2 aromatic carbocycles. The van der Waals surface area contributed by atoms with E-state index in [1.54, 1.807) is 37.4 Å². The lowest BCUT2D eigenvalue weighted by Crippen LogP contribution is -2.35. The van der Waals surface area contributed by atoms with Crippen LogP contribution in [0.4, 0.5) is 0 Å². The second-order valence-corrected chi connectivity index (χ2v) is 7.09. The smallest absolute Gasteiger partial charge is 0.258 e. The summed E-state index contributed by atoms with van der Waals surface area (Å²) in [5, 5.41) is 3.25. The topological polar surface area (TPSA) is 87.0 Å². The Balaban J connectivity index is 1.43. The van der Waals surface area contributed by atoms with Crippen molar-refractivity contribution in [2.24, 2.45) is 0 Å². The standard InChI is InChI=1S/C23H23NO6/c1-27-16-6-4-15(5-7-16)20-13-30-21-11-17(8-9-19(21)23(20)26)29-14-22(25)24-12-18-3-2-10-28-18/h4-9,11,13,18H,2-3,10,12,14H2,1H3,(H,24,25)/t18-/m1/s1. The molecule has 7 heteroatoms. The van der Waals surface area contributed by atoms with Gasteiger partial charge in [0.2, 0.25) is 0 Å². The molecule has 0 saturated carbocycles. The number of rotatable bonds is 7. The summed E-state index contributed by atoms with van der Waals surface area (Å²) in [7, 11) is 1.59. The molecule has 1 amide bonds. The minimum absolute atomic E-state index is 0.0868. The first-order valence-electron chi connectivity index (χ1n) is 9.85. The molecule has 1 N–H and O–H groups in total. The molecule has 0 bridgehead atoms. The van der Waals surface area contributed by atoms with Crippen LogP contribution in [0.5, 0.6) is 11.5 Å². The Morgan fingerprint density at radius 1 is 1.17 bits per heavy atom. The van der Waals surface area contributed by atoms with Crippen molar-refractivity contribution in [1.82, 2.24) is 5.32 Å². The molecule has 0 unspecified atom stereocenters. The van der Waals surface area contributed by atoms with E-state index in [0.29, 0.717) is 34.6 Å². The van der Waals surface area contributed by atoms with Crippen molar-refractivity contribution in [1.29, 1.82) is 0 Å². The Morgan fingerprint density at radius 3 is 2.70 bits per heavy atom. The highest BCUT2D eigenvalue weighted by Gasteiger charge is 2.16. The molecule has 1 saturated heterocycles. The second-order valence-electron chi connectivity index (χ2n) is 7.09. The predicted octanol–water partition coefficient (Wildman–Crippen LogP) is 3.14. The van der Waals surface area contributed by atoms with E-state index in [-0.39, 0.29) is 24.0 Å². The van der Waals surface area contributed by atoms with Gasteiger partial charge in [0.05, 0.1) is 24.2 Å². The van der Waals surface area contributed by atoms with Crippen LogP contribution in [0.3, 0.4) is 0 Å². The monoisotopic (exact) mass is 409 g/mol. The molecule has 4 rings (SSSR count). The summed E-state index contributed by atoms with van der Waals surface area (Å²) < 4.78 is 21.8. The summed E-state index contributed by atoms with van der Waals surface area (Å²) in [4.78, 5) is 24.8. The summed E-state index contributed by atoms with van der Waals surface area (Å²) in [5.74, 6) is 0.947. The van der Waals surface area contributed by atoms with Crippen LogP contribution in [0.2, 0.25) is 0 Å². The van der Waals surface area contributed by atoms with E-state index < -0.39 is 0 Å². The van der Waals surface area contributed by atoms with Crippen LogP contribution in [0.1, 0.15) is 12.8 Å². The highest BCUT2D eigenvalue weighted by atomic mass is 16.5. The fourth-order valence-electron chi connectivity index (χ4n) is 3.40. The third kappa shape index (κ3) is 4.46. The zero-order chi connectivity index (χ0) is 20.9. The van der Waals surface area contributed by atoms with E-state index in [2.05, 4.69) is 5.32 Å². The van der Waals surface area contributed by atoms with Crippen molar-refractivity contribution in [3.63, 3.8) is 0 Å². The second kappa shape index (κ2) is 9.00. The lowest BCUT2D eigenvalue weighted by Gasteiger charge is -2.11. The van der Waals surface area contributed by atoms with Gasteiger partial charge in [-0.05, 0) is 42.7 Å². The average molecular weight is 409 g/mol. The largest absolute Gasteiger partial charge is 0.497 e. The molecule has 7 nitrogen and oxygen atoms in total. The number of amides is 1. The number of benzene rings is 2. The van der Waals surface area contributed by atoms with Gasteiger partial charge in [-0.15, -0.1) is 0 Å². The van der Waals surface area contributed by atoms with Crippen LogP contribution in [0, 0.1) is 0 Å². The number of hydrogen-bond acceptors (Lipinski definition) is 6. The van der Waals surface area contributed by atoms with Gasteiger partial charge in [0.25, 0.3) is 5.91 Å². The van der Waals surface area contributed by atoms with E-state index in [9.17, 15) is 9.59 Å². The minimum atomic E-state index is -0.220. The molecule has 1 fully saturated rings. The number of carbonyl (C=O) groups is 1. The molecule has 3 aromatic rings. The number of methoxy groups -OCH3 is 1. The quantitative estimate of drug-likeness (QED) is 0.645. The van der Waals surface area contributed by atoms with E-state index >= 15 is 0 Å². The summed E-state index contributed by atoms with van der Waals surface area (Å²) >= 11 is 0. The molecule has 2 heterocycles. The zero-order valence-electron chi connectivity index (χ0n) is 16.7. The molecule has 156 valence electrons. The number of hydrogen-bond donors (Lipinski definition) is 1. The fraction of sp³-hybridized carbons (Fsp3) is 0.304. The van der Waals surface area contributed by atoms with Gasteiger partial charge >= 0.3 is 0 Å². The summed E-state index contributed by atoms with van der Waals surface area (Å²) in [5.41, 5.74) is 1.47. The van der Waals surface area contributed by atoms with Gasteiger partial charge in [-0.1, -0.05) is 12.1 Å². The molecule has 30 heavy (non-hydrogen) atoms. The summed E-state index contributed by atoms with van der Waals surface area (Å²) in [6.07, 6.45) is 3.51. The first kappa shape index (κ1) is 20.0. The van der Waals surface area contributed by atoms with E-state index in [0.717, 1.165) is 25.0 Å². The molecule has 0 spiro atoms. The summed E-state index contributed by atoms with van der Waals surface area (Å²) in [6.45, 7) is 1.12. The van der Waals surface area contributed by atoms with Crippen LogP contribution >= 0.6 is 0 Å². The van der Waals surface area contributed by atoms with Gasteiger partial charge in [0.1, 0.15) is 23.3 Å². The third-order valence-electron chi connectivity index (χ3n) is 5.07. The Kier molecular flexibility index (Phi) is 5.99. The Hall–Kier alpha value is -3.32. The van der Waals surface area contributed by atoms with Gasteiger partial charge in [0.15, 0.2) is 12.0 Å². The Labute approximate surface area is 173 Å². The molecular formula is C23H23NO6. The Morgan fingerprint density at radius 2 is 1.97 bits per heavy atom. The highest BCUT2D eigenvalue weighted by molar-refractivity contribution is 5.83. The maximum atomic E-state index is 12.9. The third-order valence-corrected chi connectivity index (χ3v) is 5.07. The number of fused-ring (bicyclic) bond motifs is 1. The maximum Gasteiger partial charge on any atom is 0.258 e. The number of ether oxygens (including phenoxy) is 3. The average Bonchev–Trinajstić information content (AvgIpc) is 3.30. The maximum absolute atomic E-state index is 12.9. The SMILES string of the molecule is COc1ccc(-c2coc3cc(OCC(=O)NC[C@H]4CCCO4)ccc3c2=O)cc1. The summed E-state index contributed by atoms with van der Waals surface area (Å²) in [6, 6.07) is 12.1. The predicted molar refractivity (Wildman–Crippen MR) is 112 cm³/mol. The van der Waals surface area contributed by atoms with Crippen molar-refractivity contribution >= 4 is 16.9 Å². The first-order chi connectivity index (χ1) is 14.6. The van der Waals surface area contributed by atoms with Gasteiger partial charge in [-0.2, -0.15) is 0 Å². The van der Waals surface area contributed by atoms with E-state index in [4.69, 9.17) is 18.6 Å². The van der Waals surface area contributed by atoms with Crippen LogP contribution in [0.15, 0.2) is 57.9 Å². The lowest BCUT2D eigenvalue weighted by atomic mass is 10.1. The van der Waals surface area contributed by atoms with Gasteiger partial charge in [-0.25, -0.2) is 0 Å². The van der Waals surface area contributed by atoms with Gasteiger partial charge in [-0.3, -0.25) is 9.59 Å². The number of nitrogens with one attached hydrogen (secondary N) is 1. The van der Waals surface area contributed by atoms with Crippen molar-refractivity contribution in [2.75, 3.05) is 26.9 Å². The Bertz CT molecular complexity index is 1080. The molecule has 1 aromatic heterocycles. The molecule has 0 aliphatic carbocycles. The highest BCUT2D eigenvalue weighted by Crippen LogP contribution is 2.24. The van der Waals surface area contributed by atoms with Crippen LogP contribution in [0.25, 0.3) is 22.1 Å². The molecule has 1 atom stereocenters. The molecular weight excluding hydrogens is 386 g/mol. The van der Waals surface area contributed by atoms with Crippen molar-refractivity contribution in [3.05, 3.63) is 59.0 Å². The number of carbonyl (C=O) groups excluding carboxylic acids is 1. The van der Waals surface area contributed by atoms with E-state index in [1.807, 2.05) is 12.1 Å². The normalized spacial score (nSPS) is 15.8. The van der Waals surface area contributed by atoms with Crippen LogP contribution < -0.4 is 20.2 Å². The van der Waals surface area contributed by atoms with Gasteiger partial charge < -0.3 is 23.9 Å². The first-order valence-corrected chi connectivity index (χ1v) is 9.85. The van der Waals surface area contributed by atoms with E-state index in [1.165, 1.54) is 6.26 Å². The molecule has 1 aliphatic rings. The van der Waals surface area contributed by atoms with Crippen molar-refractivity contribution in [3.8, 4) is 22.6 Å².